The molecule has 100 valence electrons. The number of aromatic nitrogens is 2. The lowest BCUT2D eigenvalue weighted by atomic mass is 10.2. The number of H-pyrrole nitrogens is 1. The predicted octanol–water partition coefficient (Wildman–Crippen LogP) is 0.0119. The number of morpholine rings is 1. The van der Waals surface area contributed by atoms with Crippen molar-refractivity contribution in [3.05, 3.63) is 27.9 Å². The average Bonchev–Trinajstić information content (AvgIpc) is 2.39. The van der Waals surface area contributed by atoms with Gasteiger partial charge in [-0.05, 0) is 13.0 Å². The quantitative estimate of drug-likeness (QED) is 0.788. The van der Waals surface area contributed by atoms with Crippen LogP contribution in [0.25, 0.3) is 0 Å². The van der Waals surface area contributed by atoms with E-state index < -0.39 is 0 Å². The van der Waals surface area contributed by atoms with Gasteiger partial charge >= 0.3 is 0 Å². The Hall–Kier alpha value is -1.24. The number of hydrogen-bond acceptors (Lipinski definition) is 5. The summed E-state index contributed by atoms with van der Waals surface area (Å²) >= 11 is 0. The van der Waals surface area contributed by atoms with E-state index in [-0.39, 0.29) is 18.2 Å². The van der Waals surface area contributed by atoms with Crippen molar-refractivity contribution in [2.45, 2.75) is 26.0 Å². The van der Waals surface area contributed by atoms with Crippen molar-refractivity contribution < 1.29 is 4.74 Å². The third-order valence-electron chi connectivity index (χ3n) is 3.11. The first-order chi connectivity index (χ1) is 8.74. The highest BCUT2D eigenvalue weighted by Gasteiger charge is 2.23. The number of nitrogens with one attached hydrogen (secondary N) is 1. The first-order valence-corrected chi connectivity index (χ1v) is 6.36. The maximum absolute atomic E-state index is 11.7. The SMILES string of the molecule is CCCN1CCOC(c2ncc(CN)c(=O)[nH]2)C1. The van der Waals surface area contributed by atoms with Crippen molar-refractivity contribution in [1.82, 2.24) is 14.9 Å². The lowest BCUT2D eigenvalue weighted by molar-refractivity contribution is -0.0343. The molecule has 1 saturated heterocycles. The van der Waals surface area contributed by atoms with Crippen LogP contribution >= 0.6 is 0 Å². The van der Waals surface area contributed by atoms with Crippen LogP contribution < -0.4 is 11.3 Å². The van der Waals surface area contributed by atoms with Crippen molar-refractivity contribution in [2.75, 3.05) is 26.2 Å². The van der Waals surface area contributed by atoms with Gasteiger partial charge in [-0.2, -0.15) is 0 Å². The van der Waals surface area contributed by atoms with E-state index in [4.69, 9.17) is 10.5 Å². The van der Waals surface area contributed by atoms with E-state index in [1.54, 1.807) is 0 Å². The molecule has 2 rings (SSSR count). The number of nitrogens with zero attached hydrogens (tertiary/aromatic N) is 2. The zero-order valence-corrected chi connectivity index (χ0v) is 10.7. The van der Waals surface area contributed by atoms with Crippen LogP contribution in [0.15, 0.2) is 11.0 Å². The summed E-state index contributed by atoms with van der Waals surface area (Å²) in [6, 6.07) is 0. The third kappa shape index (κ3) is 2.95. The molecule has 1 aliphatic heterocycles. The van der Waals surface area contributed by atoms with E-state index in [0.29, 0.717) is 18.0 Å². The van der Waals surface area contributed by atoms with Gasteiger partial charge in [-0.25, -0.2) is 4.98 Å². The highest BCUT2D eigenvalue weighted by Crippen LogP contribution is 2.18. The van der Waals surface area contributed by atoms with Gasteiger partial charge in [0.1, 0.15) is 11.9 Å². The van der Waals surface area contributed by atoms with Crippen molar-refractivity contribution in [3.8, 4) is 0 Å². The molecule has 0 saturated carbocycles. The van der Waals surface area contributed by atoms with Gasteiger partial charge in [0.15, 0.2) is 0 Å². The minimum Gasteiger partial charge on any atom is -0.368 e. The summed E-state index contributed by atoms with van der Waals surface area (Å²) in [7, 11) is 0. The van der Waals surface area contributed by atoms with E-state index in [1.807, 2.05) is 0 Å². The molecule has 1 unspecified atom stereocenters. The van der Waals surface area contributed by atoms with E-state index >= 15 is 0 Å². The summed E-state index contributed by atoms with van der Waals surface area (Å²) in [6.07, 6.45) is 2.50. The Labute approximate surface area is 106 Å². The molecule has 2 heterocycles. The predicted molar refractivity (Wildman–Crippen MR) is 68.2 cm³/mol. The highest BCUT2D eigenvalue weighted by atomic mass is 16.5. The Kier molecular flexibility index (Phi) is 4.46. The summed E-state index contributed by atoms with van der Waals surface area (Å²) in [4.78, 5) is 21.0. The molecular formula is C12H20N4O2. The molecule has 3 N–H and O–H groups in total. The second-order valence-electron chi connectivity index (χ2n) is 4.49. The molecule has 6 heteroatoms. The molecule has 6 nitrogen and oxygen atoms in total. The molecular weight excluding hydrogens is 232 g/mol. The van der Waals surface area contributed by atoms with Gasteiger partial charge in [0.2, 0.25) is 0 Å². The first kappa shape index (κ1) is 13.2. The van der Waals surface area contributed by atoms with Crippen molar-refractivity contribution in [2.24, 2.45) is 5.73 Å². The van der Waals surface area contributed by atoms with Crippen molar-refractivity contribution >= 4 is 0 Å². The second kappa shape index (κ2) is 6.08. The second-order valence-corrected chi connectivity index (χ2v) is 4.49. The van der Waals surface area contributed by atoms with Crippen molar-refractivity contribution in [3.63, 3.8) is 0 Å². The van der Waals surface area contributed by atoms with Gasteiger partial charge in [0, 0.05) is 31.4 Å². The minimum absolute atomic E-state index is 0.148. The van der Waals surface area contributed by atoms with Crippen LogP contribution in [0.2, 0.25) is 0 Å². The van der Waals surface area contributed by atoms with Crippen LogP contribution in [-0.2, 0) is 11.3 Å². The fourth-order valence-corrected chi connectivity index (χ4v) is 2.13. The van der Waals surface area contributed by atoms with Gasteiger partial charge in [0.25, 0.3) is 5.56 Å². The molecule has 0 aromatic carbocycles. The number of hydrogen-bond donors (Lipinski definition) is 2. The normalized spacial score (nSPS) is 21.1. The maximum atomic E-state index is 11.7. The lowest BCUT2D eigenvalue weighted by Crippen LogP contribution is -2.39. The van der Waals surface area contributed by atoms with Gasteiger partial charge < -0.3 is 15.5 Å². The summed E-state index contributed by atoms with van der Waals surface area (Å²) < 4.78 is 5.66. The Morgan fingerprint density at radius 2 is 2.50 bits per heavy atom. The van der Waals surface area contributed by atoms with E-state index in [9.17, 15) is 4.79 Å². The minimum atomic E-state index is -0.168. The Morgan fingerprint density at radius 1 is 1.67 bits per heavy atom. The first-order valence-electron chi connectivity index (χ1n) is 6.36. The lowest BCUT2D eigenvalue weighted by Gasteiger charge is -2.31. The molecule has 0 bridgehead atoms. The third-order valence-corrected chi connectivity index (χ3v) is 3.11. The van der Waals surface area contributed by atoms with E-state index in [1.165, 1.54) is 6.20 Å². The average molecular weight is 252 g/mol. The molecule has 1 fully saturated rings. The van der Waals surface area contributed by atoms with Gasteiger partial charge in [-0.15, -0.1) is 0 Å². The smallest absolute Gasteiger partial charge is 0.255 e. The highest BCUT2D eigenvalue weighted by molar-refractivity contribution is 5.07. The molecule has 1 aliphatic rings. The summed E-state index contributed by atoms with van der Waals surface area (Å²) in [5.41, 5.74) is 5.77. The van der Waals surface area contributed by atoms with Gasteiger partial charge in [-0.1, -0.05) is 6.92 Å². The standard InChI is InChI=1S/C12H20N4O2/c1-2-3-16-4-5-18-10(8-16)11-14-7-9(6-13)12(17)15-11/h7,10H,2-6,8,13H2,1H3,(H,14,15,17). The van der Waals surface area contributed by atoms with Crippen LogP contribution in [0.1, 0.15) is 30.8 Å². The summed E-state index contributed by atoms with van der Waals surface area (Å²) in [5.74, 6) is 0.595. The molecule has 1 aromatic rings. The molecule has 0 aliphatic carbocycles. The molecule has 0 amide bonds. The largest absolute Gasteiger partial charge is 0.368 e. The summed E-state index contributed by atoms with van der Waals surface area (Å²) in [6.45, 7) is 5.79. The van der Waals surface area contributed by atoms with E-state index in [0.717, 1.165) is 26.1 Å². The van der Waals surface area contributed by atoms with Gasteiger partial charge in [0.05, 0.1) is 6.61 Å². The fraction of sp³-hybridized carbons (Fsp3) is 0.667. The zero-order valence-electron chi connectivity index (χ0n) is 10.7. The van der Waals surface area contributed by atoms with Gasteiger partial charge in [-0.3, -0.25) is 9.69 Å². The van der Waals surface area contributed by atoms with Crippen LogP contribution in [0.4, 0.5) is 0 Å². The molecule has 0 radical (unpaired) electrons. The number of nitrogens with two attached hydrogens (primary N) is 1. The molecule has 1 atom stereocenters. The Bertz CT molecular complexity index is 444. The van der Waals surface area contributed by atoms with Crippen LogP contribution in [-0.4, -0.2) is 41.1 Å². The number of ether oxygens (including phenoxy) is 1. The maximum Gasteiger partial charge on any atom is 0.255 e. The van der Waals surface area contributed by atoms with Crippen LogP contribution in [0.3, 0.4) is 0 Å². The number of aromatic amines is 1. The number of rotatable bonds is 4. The molecule has 18 heavy (non-hydrogen) atoms. The Balaban J connectivity index is 2.11. The summed E-state index contributed by atoms with van der Waals surface area (Å²) in [5, 5.41) is 0. The van der Waals surface area contributed by atoms with Crippen LogP contribution in [0.5, 0.6) is 0 Å². The molecule has 1 aromatic heterocycles. The zero-order chi connectivity index (χ0) is 13.0. The van der Waals surface area contributed by atoms with Crippen LogP contribution in [0, 0.1) is 0 Å². The fourth-order valence-electron chi connectivity index (χ4n) is 2.13. The van der Waals surface area contributed by atoms with Crippen molar-refractivity contribution in [1.29, 1.82) is 0 Å². The Morgan fingerprint density at radius 3 is 3.17 bits per heavy atom. The topological polar surface area (TPSA) is 84.2 Å². The van der Waals surface area contributed by atoms with E-state index in [2.05, 4.69) is 21.8 Å². The monoisotopic (exact) mass is 252 g/mol. The molecule has 0 spiro atoms.